The molecule has 2 rings (SSSR count). The Hall–Kier alpha value is -1.20. The second kappa shape index (κ2) is 7.71. The van der Waals surface area contributed by atoms with Crippen LogP contribution in [-0.2, 0) is 15.3 Å². The van der Waals surface area contributed by atoms with E-state index in [1.165, 1.54) is 11.8 Å². The van der Waals surface area contributed by atoms with Crippen molar-refractivity contribution in [3.63, 3.8) is 0 Å². The number of rotatable bonds is 5. The maximum atomic E-state index is 12.1. The van der Waals surface area contributed by atoms with E-state index in [1.807, 2.05) is 24.3 Å². The number of carboxylic acid groups (broad SMARTS) is 1. The fraction of sp³-hybridized carbons (Fsp3) is 0.467. The lowest BCUT2D eigenvalue weighted by Gasteiger charge is -2.30. The Kier molecular flexibility index (Phi) is 5.94. The Morgan fingerprint density at radius 3 is 2.95 bits per heavy atom. The molecule has 1 aliphatic heterocycles. The van der Waals surface area contributed by atoms with Crippen molar-refractivity contribution < 1.29 is 14.7 Å². The van der Waals surface area contributed by atoms with E-state index in [0.29, 0.717) is 30.3 Å². The van der Waals surface area contributed by atoms with Crippen molar-refractivity contribution in [2.45, 2.75) is 18.6 Å². The molecule has 1 fully saturated rings. The molecule has 1 saturated heterocycles. The monoisotopic (exact) mass is 327 g/mol. The van der Waals surface area contributed by atoms with Crippen LogP contribution in [0, 0.1) is 5.92 Å². The van der Waals surface area contributed by atoms with Gasteiger partial charge in [0.1, 0.15) is 0 Å². The number of aliphatic carboxylic acids is 1. The molecule has 0 aliphatic carbocycles. The van der Waals surface area contributed by atoms with Crippen LogP contribution in [0.4, 0.5) is 0 Å². The number of piperidine rings is 1. The van der Waals surface area contributed by atoms with Crippen LogP contribution in [0.15, 0.2) is 24.3 Å². The zero-order chi connectivity index (χ0) is 15.2. The van der Waals surface area contributed by atoms with E-state index in [2.05, 4.69) is 0 Å². The van der Waals surface area contributed by atoms with E-state index in [9.17, 15) is 9.59 Å². The van der Waals surface area contributed by atoms with Crippen molar-refractivity contribution in [2.75, 3.05) is 18.8 Å². The maximum Gasteiger partial charge on any atom is 0.308 e. The fourth-order valence-corrected chi connectivity index (χ4v) is 3.47. The number of benzene rings is 1. The van der Waals surface area contributed by atoms with Gasteiger partial charge >= 0.3 is 5.97 Å². The first-order valence-corrected chi connectivity index (χ1v) is 8.42. The third-order valence-corrected chi connectivity index (χ3v) is 4.73. The molecule has 114 valence electrons. The second-order valence-electron chi connectivity index (χ2n) is 5.14. The molecule has 0 saturated carbocycles. The first kappa shape index (κ1) is 16.2. The van der Waals surface area contributed by atoms with Crippen LogP contribution in [-0.4, -0.2) is 40.7 Å². The van der Waals surface area contributed by atoms with Crippen molar-refractivity contribution in [1.82, 2.24) is 4.90 Å². The molecule has 0 bridgehead atoms. The zero-order valence-corrected chi connectivity index (χ0v) is 13.2. The summed E-state index contributed by atoms with van der Waals surface area (Å²) >= 11 is 7.44. The summed E-state index contributed by atoms with van der Waals surface area (Å²) in [5.74, 6) is -0.103. The minimum atomic E-state index is -0.806. The maximum absolute atomic E-state index is 12.1. The molecule has 1 heterocycles. The van der Waals surface area contributed by atoms with Gasteiger partial charge in [-0.05, 0) is 30.5 Å². The first-order chi connectivity index (χ1) is 10.1. The molecule has 0 spiro atoms. The molecule has 4 nitrogen and oxygen atoms in total. The number of thioether (sulfide) groups is 1. The topological polar surface area (TPSA) is 57.6 Å². The van der Waals surface area contributed by atoms with Crippen molar-refractivity contribution in [3.8, 4) is 0 Å². The number of nitrogens with zero attached hydrogens (tertiary/aromatic N) is 1. The molecule has 1 aromatic carbocycles. The predicted octanol–water partition coefficient (Wildman–Crippen LogP) is 2.90. The van der Waals surface area contributed by atoms with Crippen molar-refractivity contribution in [2.24, 2.45) is 5.92 Å². The molecule has 21 heavy (non-hydrogen) atoms. The van der Waals surface area contributed by atoms with Gasteiger partial charge < -0.3 is 10.0 Å². The van der Waals surface area contributed by atoms with Gasteiger partial charge in [-0.2, -0.15) is 0 Å². The van der Waals surface area contributed by atoms with Gasteiger partial charge in [-0.3, -0.25) is 9.59 Å². The fourth-order valence-electron chi connectivity index (χ4n) is 2.38. The normalized spacial score (nSPS) is 18.5. The third kappa shape index (κ3) is 4.93. The summed E-state index contributed by atoms with van der Waals surface area (Å²) < 4.78 is 0. The Bertz CT molecular complexity index is 523. The number of amides is 1. The highest BCUT2D eigenvalue weighted by Crippen LogP contribution is 2.20. The third-order valence-electron chi connectivity index (χ3n) is 3.51. The predicted molar refractivity (Wildman–Crippen MR) is 84.6 cm³/mol. The van der Waals surface area contributed by atoms with Gasteiger partial charge in [0.15, 0.2) is 0 Å². The number of carboxylic acids is 1. The summed E-state index contributed by atoms with van der Waals surface area (Å²) in [6.07, 6.45) is 1.43. The highest BCUT2D eigenvalue weighted by Gasteiger charge is 2.27. The van der Waals surface area contributed by atoms with Crippen LogP contribution in [0.3, 0.4) is 0 Å². The largest absolute Gasteiger partial charge is 0.481 e. The smallest absolute Gasteiger partial charge is 0.308 e. The molecule has 0 radical (unpaired) electrons. The standard InChI is InChI=1S/C15H18ClNO3S/c16-13-5-1-3-11(7-13)9-21-10-14(18)17-6-2-4-12(8-17)15(19)20/h1,3,5,7,12H,2,4,6,8-10H2,(H,19,20)/t12-/m0/s1. The Labute approximate surface area is 133 Å². The average Bonchev–Trinajstić information content (AvgIpc) is 2.47. The number of hydrogen-bond acceptors (Lipinski definition) is 3. The molecule has 1 N–H and O–H groups in total. The Morgan fingerprint density at radius 2 is 2.24 bits per heavy atom. The Balaban J connectivity index is 1.78. The van der Waals surface area contributed by atoms with Crippen LogP contribution >= 0.6 is 23.4 Å². The lowest BCUT2D eigenvalue weighted by Crippen LogP contribution is -2.43. The van der Waals surface area contributed by atoms with Crippen LogP contribution in [0.2, 0.25) is 5.02 Å². The number of carbonyl (C=O) groups excluding carboxylic acids is 1. The van der Waals surface area contributed by atoms with Gasteiger partial charge in [-0.25, -0.2) is 0 Å². The lowest BCUT2D eigenvalue weighted by atomic mass is 9.98. The van der Waals surface area contributed by atoms with Crippen LogP contribution in [0.5, 0.6) is 0 Å². The van der Waals surface area contributed by atoms with E-state index >= 15 is 0 Å². The summed E-state index contributed by atoms with van der Waals surface area (Å²) in [5, 5.41) is 9.73. The zero-order valence-electron chi connectivity index (χ0n) is 11.6. The minimum absolute atomic E-state index is 0.0213. The molecular weight excluding hydrogens is 310 g/mol. The summed E-state index contributed by atoms with van der Waals surface area (Å²) in [6, 6.07) is 7.58. The van der Waals surface area contributed by atoms with Crippen molar-refractivity contribution >= 4 is 35.2 Å². The van der Waals surface area contributed by atoms with Gasteiger partial charge in [-0.1, -0.05) is 23.7 Å². The molecular formula is C15H18ClNO3S. The van der Waals surface area contributed by atoms with Crippen LogP contribution in [0.25, 0.3) is 0 Å². The van der Waals surface area contributed by atoms with E-state index in [1.54, 1.807) is 4.90 Å². The molecule has 1 amide bonds. The second-order valence-corrected chi connectivity index (χ2v) is 6.56. The number of likely N-dealkylation sites (tertiary alicyclic amines) is 1. The van der Waals surface area contributed by atoms with Gasteiger partial charge in [0.2, 0.25) is 5.91 Å². The van der Waals surface area contributed by atoms with E-state index in [4.69, 9.17) is 16.7 Å². The van der Waals surface area contributed by atoms with Gasteiger partial charge in [-0.15, -0.1) is 11.8 Å². The SMILES string of the molecule is O=C(O)[C@H]1CCCN(C(=O)CSCc2cccc(Cl)c2)C1. The Morgan fingerprint density at radius 1 is 1.43 bits per heavy atom. The molecule has 1 aromatic rings. The van der Waals surface area contributed by atoms with E-state index in [-0.39, 0.29) is 5.91 Å². The van der Waals surface area contributed by atoms with Crippen molar-refractivity contribution in [1.29, 1.82) is 0 Å². The average molecular weight is 328 g/mol. The van der Waals surface area contributed by atoms with Crippen LogP contribution < -0.4 is 0 Å². The number of hydrogen-bond donors (Lipinski definition) is 1. The number of carbonyl (C=O) groups is 2. The molecule has 6 heteroatoms. The van der Waals surface area contributed by atoms with Crippen LogP contribution in [0.1, 0.15) is 18.4 Å². The van der Waals surface area contributed by atoms with E-state index in [0.717, 1.165) is 17.7 Å². The highest BCUT2D eigenvalue weighted by atomic mass is 35.5. The first-order valence-electron chi connectivity index (χ1n) is 6.89. The molecule has 0 unspecified atom stereocenters. The summed E-state index contributed by atoms with van der Waals surface area (Å²) in [6.45, 7) is 1.01. The number of halogens is 1. The van der Waals surface area contributed by atoms with Gasteiger partial charge in [0.25, 0.3) is 0 Å². The molecule has 0 aromatic heterocycles. The highest BCUT2D eigenvalue weighted by molar-refractivity contribution is 7.99. The lowest BCUT2D eigenvalue weighted by molar-refractivity contribution is -0.145. The van der Waals surface area contributed by atoms with Crippen molar-refractivity contribution in [3.05, 3.63) is 34.9 Å². The molecule has 1 aliphatic rings. The summed E-state index contributed by atoms with van der Waals surface area (Å²) in [7, 11) is 0. The molecule has 1 atom stereocenters. The van der Waals surface area contributed by atoms with Gasteiger partial charge in [0.05, 0.1) is 11.7 Å². The summed E-state index contributed by atoms with van der Waals surface area (Å²) in [4.78, 5) is 24.8. The summed E-state index contributed by atoms with van der Waals surface area (Å²) in [5.41, 5.74) is 1.09. The quantitative estimate of drug-likeness (QED) is 0.903. The minimum Gasteiger partial charge on any atom is -0.481 e. The van der Waals surface area contributed by atoms with Gasteiger partial charge in [0, 0.05) is 23.9 Å². The van der Waals surface area contributed by atoms with E-state index < -0.39 is 11.9 Å².